The Bertz CT molecular complexity index is 1570. The molecule has 0 fully saturated rings. The van der Waals surface area contributed by atoms with Crippen LogP contribution in [-0.4, -0.2) is 19.7 Å². The van der Waals surface area contributed by atoms with Gasteiger partial charge in [0, 0.05) is 27.4 Å². The number of aromatic nitrogens is 4. The standard InChI is InChI=1S/C27H19Cl2N5/c1-17-7-10-24-25(11-17)32-27(31-24)20(14-30)12-21-16-34(15-19-8-9-22(28)13-23(19)29)33-26(21)18-5-3-2-4-6-18/h2-13,16H,15H2,1H3,(H,31,32)/b20-12-. The maximum absolute atomic E-state index is 9.95. The van der Waals surface area contributed by atoms with Crippen LogP contribution < -0.4 is 0 Å². The van der Waals surface area contributed by atoms with E-state index in [0.29, 0.717) is 28.0 Å². The highest BCUT2D eigenvalue weighted by Gasteiger charge is 2.14. The molecule has 0 spiro atoms. The third kappa shape index (κ3) is 4.47. The SMILES string of the molecule is Cc1ccc2nc(/C(C#N)=C\c3cn(Cc4ccc(Cl)cc4Cl)nc3-c3ccccc3)[nH]c2c1. The number of aryl methyl sites for hydroxylation is 1. The minimum Gasteiger partial charge on any atom is -0.337 e. The summed E-state index contributed by atoms with van der Waals surface area (Å²) in [6.45, 7) is 2.49. The van der Waals surface area contributed by atoms with Gasteiger partial charge in [0.05, 0.1) is 28.8 Å². The van der Waals surface area contributed by atoms with Crippen molar-refractivity contribution < 1.29 is 0 Å². The van der Waals surface area contributed by atoms with Crippen molar-refractivity contribution in [3.8, 4) is 17.3 Å². The number of hydrogen-bond acceptors (Lipinski definition) is 3. The Kier molecular flexibility index (Phi) is 5.93. The van der Waals surface area contributed by atoms with Crippen molar-refractivity contribution in [3.05, 3.63) is 105 Å². The molecule has 0 unspecified atom stereocenters. The number of hydrogen-bond donors (Lipinski definition) is 1. The van der Waals surface area contributed by atoms with Gasteiger partial charge in [0.2, 0.25) is 0 Å². The summed E-state index contributed by atoms with van der Waals surface area (Å²) < 4.78 is 1.82. The second-order valence-electron chi connectivity index (χ2n) is 8.01. The Morgan fingerprint density at radius 2 is 1.91 bits per heavy atom. The van der Waals surface area contributed by atoms with Gasteiger partial charge >= 0.3 is 0 Å². The summed E-state index contributed by atoms with van der Waals surface area (Å²) in [7, 11) is 0. The minimum atomic E-state index is 0.426. The predicted octanol–water partition coefficient (Wildman–Crippen LogP) is 7.15. The number of nitrogens with zero attached hydrogens (tertiary/aromatic N) is 4. The van der Waals surface area contributed by atoms with Gasteiger partial charge in [-0.05, 0) is 48.4 Å². The lowest BCUT2D eigenvalue weighted by Gasteiger charge is -2.05. The molecule has 0 saturated heterocycles. The van der Waals surface area contributed by atoms with Crippen LogP contribution in [0.25, 0.3) is 33.9 Å². The van der Waals surface area contributed by atoms with Crippen molar-refractivity contribution in [2.45, 2.75) is 13.5 Å². The smallest absolute Gasteiger partial charge is 0.149 e. The Hall–Kier alpha value is -3.85. The topological polar surface area (TPSA) is 70.3 Å². The lowest BCUT2D eigenvalue weighted by Crippen LogP contribution is -2.01. The molecular formula is C27H19Cl2N5. The van der Waals surface area contributed by atoms with Crippen molar-refractivity contribution in [1.82, 2.24) is 19.7 Å². The number of fused-ring (bicyclic) bond motifs is 1. The van der Waals surface area contributed by atoms with Crippen molar-refractivity contribution in [3.63, 3.8) is 0 Å². The molecule has 3 aromatic carbocycles. The zero-order valence-electron chi connectivity index (χ0n) is 18.3. The highest BCUT2D eigenvalue weighted by molar-refractivity contribution is 6.35. The number of nitriles is 1. The lowest BCUT2D eigenvalue weighted by molar-refractivity contribution is 0.689. The summed E-state index contributed by atoms with van der Waals surface area (Å²) in [5.74, 6) is 0.524. The maximum Gasteiger partial charge on any atom is 0.149 e. The van der Waals surface area contributed by atoms with Gasteiger partial charge in [0.25, 0.3) is 0 Å². The fourth-order valence-electron chi connectivity index (χ4n) is 3.83. The zero-order valence-corrected chi connectivity index (χ0v) is 19.8. The first-order valence-corrected chi connectivity index (χ1v) is 11.4. The molecule has 0 radical (unpaired) electrons. The molecular weight excluding hydrogens is 465 g/mol. The minimum absolute atomic E-state index is 0.426. The number of imidazole rings is 1. The van der Waals surface area contributed by atoms with Crippen LogP contribution in [0.4, 0.5) is 0 Å². The number of H-pyrrole nitrogens is 1. The van der Waals surface area contributed by atoms with E-state index >= 15 is 0 Å². The van der Waals surface area contributed by atoms with Crippen LogP contribution in [0.3, 0.4) is 0 Å². The van der Waals surface area contributed by atoms with Gasteiger partial charge in [-0.15, -0.1) is 0 Å². The quantitative estimate of drug-likeness (QED) is 0.269. The fourth-order valence-corrected chi connectivity index (χ4v) is 4.30. The monoisotopic (exact) mass is 483 g/mol. The van der Waals surface area contributed by atoms with Crippen LogP contribution in [0.15, 0.2) is 72.9 Å². The molecule has 1 N–H and O–H groups in total. The van der Waals surface area contributed by atoms with Gasteiger partial charge in [-0.3, -0.25) is 4.68 Å². The predicted molar refractivity (Wildman–Crippen MR) is 138 cm³/mol. The van der Waals surface area contributed by atoms with Crippen LogP contribution >= 0.6 is 23.2 Å². The van der Waals surface area contributed by atoms with Crippen LogP contribution in [-0.2, 0) is 6.54 Å². The molecule has 2 aromatic heterocycles. The van der Waals surface area contributed by atoms with Gasteiger partial charge < -0.3 is 4.98 Å². The van der Waals surface area contributed by atoms with Gasteiger partial charge in [-0.2, -0.15) is 10.4 Å². The average molecular weight is 484 g/mol. The first-order valence-electron chi connectivity index (χ1n) is 10.7. The number of benzene rings is 3. The van der Waals surface area contributed by atoms with Gasteiger partial charge in [0.1, 0.15) is 11.9 Å². The van der Waals surface area contributed by atoms with Crippen LogP contribution in [0.5, 0.6) is 0 Å². The summed E-state index contributed by atoms with van der Waals surface area (Å²) in [6.07, 6.45) is 3.73. The number of nitrogens with one attached hydrogen (secondary N) is 1. The molecule has 0 bridgehead atoms. The third-order valence-electron chi connectivity index (χ3n) is 5.50. The molecule has 2 heterocycles. The first kappa shape index (κ1) is 22.0. The van der Waals surface area contributed by atoms with Crippen molar-refractivity contribution in [2.75, 3.05) is 0 Å². The molecule has 166 valence electrons. The van der Waals surface area contributed by atoms with Gasteiger partial charge in [0.15, 0.2) is 0 Å². The average Bonchev–Trinajstić information content (AvgIpc) is 3.43. The fraction of sp³-hybridized carbons (Fsp3) is 0.0741. The Morgan fingerprint density at radius 1 is 1.09 bits per heavy atom. The van der Waals surface area contributed by atoms with Crippen LogP contribution in [0, 0.1) is 18.3 Å². The maximum atomic E-state index is 9.95. The van der Waals surface area contributed by atoms with E-state index in [0.717, 1.165) is 39.0 Å². The van der Waals surface area contributed by atoms with E-state index in [1.54, 1.807) is 6.07 Å². The molecule has 0 aliphatic heterocycles. The number of aromatic amines is 1. The van der Waals surface area contributed by atoms with E-state index in [4.69, 9.17) is 28.3 Å². The first-order chi connectivity index (χ1) is 16.5. The number of rotatable bonds is 5. The molecule has 0 aliphatic rings. The van der Waals surface area contributed by atoms with E-state index in [-0.39, 0.29) is 0 Å². The third-order valence-corrected chi connectivity index (χ3v) is 6.08. The highest BCUT2D eigenvalue weighted by atomic mass is 35.5. The van der Waals surface area contributed by atoms with Crippen molar-refractivity contribution in [1.29, 1.82) is 5.26 Å². The van der Waals surface area contributed by atoms with Crippen LogP contribution in [0.1, 0.15) is 22.5 Å². The van der Waals surface area contributed by atoms with Crippen molar-refractivity contribution >= 4 is 45.9 Å². The largest absolute Gasteiger partial charge is 0.337 e. The van der Waals surface area contributed by atoms with E-state index in [1.807, 2.05) is 84.5 Å². The summed E-state index contributed by atoms with van der Waals surface area (Å²) in [5, 5.41) is 15.9. The van der Waals surface area contributed by atoms with Crippen LogP contribution in [0.2, 0.25) is 10.0 Å². The van der Waals surface area contributed by atoms with E-state index in [2.05, 4.69) is 16.0 Å². The zero-order chi connectivity index (χ0) is 23.7. The van der Waals surface area contributed by atoms with E-state index in [9.17, 15) is 5.26 Å². The van der Waals surface area contributed by atoms with Gasteiger partial charge in [-0.1, -0.05) is 65.7 Å². The summed E-state index contributed by atoms with van der Waals surface area (Å²) >= 11 is 12.4. The van der Waals surface area contributed by atoms with Crippen molar-refractivity contribution in [2.24, 2.45) is 0 Å². The number of allylic oxidation sites excluding steroid dienone is 1. The molecule has 0 saturated carbocycles. The molecule has 7 heteroatoms. The molecule has 0 aliphatic carbocycles. The van der Waals surface area contributed by atoms with E-state index < -0.39 is 0 Å². The van der Waals surface area contributed by atoms with E-state index in [1.165, 1.54) is 0 Å². The lowest BCUT2D eigenvalue weighted by atomic mass is 10.1. The summed E-state index contributed by atoms with van der Waals surface area (Å²) in [6, 6.07) is 23.6. The second-order valence-corrected chi connectivity index (χ2v) is 8.85. The molecule has 0 atom stereocenters. The Labute approximate surface area is 206 Å². The molecule has 5 rings (SSSR count). The van der Waals surface area contributed by atoms with Gasteiger partial charge in [-0.25, -0.2) is 4.98 Å². The Balaban J connectivity index is 1.59. The molecule has 34 heavy (non-hydrogen) atoms. The molecule has 5 aromatic rings. The summed E-state index contributed by atoms with van der Waals surface area (Å²) in [5.41, 5.74) is 6.69. The number of halogens is 2. The Morgan fingerprint density at radius 3 is 2.68 bits per heavy atom. The normalized spacial score (nSPS) is 11.6. The molecule has 5 nitrogen and oxygen atoms in total. The molecule has 0 amide bonds. The second kappa shape index (κ2) is 9.18. The summed E-state index contributed by atoms with van der Waals surface area (Å²) in [4.78, 5) is 7.88. The highest BCUT2D eigenvalue weighted by Crippen LogP contribution is 2.28.